The summed E-state index contributed by atoms with van der Waals surface area (Å²) in [6.45, 7) is 1.72. The number of para-hydroxylation sites is 1. The highest BCUT2D eigenvalue weighted by atomic mass is 35.5. The summed E-state index contributed by atoms with van der Waals surface area (Å²) in [7, 11) is 4.85. The molecule has 82 heavy (non-hydrogen) atoms. The van der Waals surface area contributed by atoms with Gasteiger partial charge in [0.25, 0.3) is 0 Å². The third kappa shape index (κ3) is 11.6. The Hall–Kier alpha value is -9.09. The van der Waals surface area contributed by atoms with Gasteiger partial charge in [-0.3, -0.25) is 0 Å². The average Bonchev–Trinajstić information content (AvgIpc) is 4.15. The number of rotatable bonds is 16. The van der Waals surface area contributed by atoms with Gasteiger partial charge in [-0.1, -0.05) is 96.5 Å². The molecule has 0 saturated heterocycles. The van der Waals surface area contributed by atoms with E-state index in [0.29, 0.717) is 78.5 Å². The number of hydrogen-bond acceptors (Lipinski definition) is 15. The summed E-state index contributed by atoms with van der Waals surface area (Å²) in [5.41, 5.74) is 5.09. The minimum absolute atomic E-state index is 0.0244. The Bertz CT molecular complexity index is 3810. The van der Waals surface area contributed by atoms with Crippen LogP contribution in [-0.2, 0) is 32.9 Å². The van der Waals surface area contributed by atoms with E-state index in [4.69, 9.17) is 59.2 Å². The van der Waals surface area contributed by atoms with Crippen LogP contribution in [0.4, 0.5) is 4.39 Å². The highest BCUT2D eigenvalue weighted by molar-refractivity contribution is 7.22. The second-order valence-electron chi connectivity index (χ2n) is 18.9. The Morgan fingerprint density at radius 2 is 1.44 bits per heavy atom. The average molecular weight is 1140 g/mol. The number of aromatic nitrogens is 4. The standard InChI is InChI=1S/C65H54ClFN4O10S/c1-5-76-64(72)57-35-42-33-50(28-30-54(42)78-36-47-31-32-68-61(71-47)52-13-9-10-14-55(52)75-4)77-37-51(38-79-65(43-11-7-6-8-12-43,44-18-24-48(73-2)25-19-44)45-20-26-49(74-3)27-21-45)80-56-29-17-41(34-53(56)66)58-59-62(81-57)69-39-70-63(59)82-60(58)40-15-22-46(67)23-16-40/h6-34,39,51,57H,5,35-38H2,1-4H3/t51-,57+/m0/s1. The van der Waals surface area contributed by atoms with Crippen molar-refractivity contribution >= 4 is 39.1 Å². The maximum absolute atomic E-state index is 14.5. The van der Waals surface area contributed by atoms with Gasteiger partial charge in [0.1, 0.15) is 70.3 Å². The van der Waals surface area contributed by atoms with Crippen molar-refractivity contribution in [2.24, 2.45) is 0 Å². The maximum atomic E-state index is 14.5. The molecule has 0 unspecified atom stereocenters. The molecule has 0 radical (unpaired) electrons. The van der Waals surface area contributed by atoms with E-state index < -0.39 is 29.6 Å². The van der Waals surface area contributed by atoms with Crippen molar-refractivity contribution in [1.82, 2.24) is 19.9 Å². The van der Waals surface area contributed by atoms with Gasteiger partial charge >= 0.3 is 5.97 Å². The second-order valence-corrected chi connectivity index (χ2v) is 20.3. The number of fused-ring (bicyclic) bond motifs is 7. The summed E-state index contributed by atoms with van der Waals surface area (Å²) < 4.78 is 71.5. The van der Waals surface area contributed by atoms with E-state index in [9.17, 15) is 9.18 Å². The first kappa shape index (κ1) is 54.8. The van der Waals surface area contributed by atoms with E-state index >= 15 is 0 Å². The zero-order chi connectivity index (χ0) is 56.6. The monoisotopic (exact) mass is 1140 g/mol. The van der Waals surface area contributed by atoms with Crippen molar-refractivity contribution in [1.29, 1.82) is 0 Å². The Labute approximate surface area is 481 Å². The molecular weight excluding hydrogens is 1080 g/mol. The SMILES string of the molecule is CCOC(=O)[C@H]1Cc2cc(ccc2OCc2ccnc(-c3ccccc3OC)n2)OC[C@@H](COC(c2ccccc2)(c2ccc(OC)cc2)c2ccc(OC)cc2)Oc2ccc(cc2Cl)-c2c(-c3ccc(F)cc3)sc3ncnc(c23)O1. The van der Waals surface area contributed by atoms with Gasteiger partial charge in [0, 0.05) is 28.6 Å². The Balaban J connectivity index is 1.04. The van der Waals surface area contributed by atoms with Gasteiger partial charge in [-0.05, 0) is 120 Å². The van der Waals surface area contributed by atoms with Gasteiger partial charge in [-0.25, -0.2) is 29.1 Å². The first-order valence-electron chi connectivity index (χ1n) is 26.3. The Morgan fingerprint density at radius 1 is 0.732 bits per heavy atom. The first-order valence-corrected chi connectivity index (χ1v) is 27.5. The van der Waals surface area contributed by atoms with Gasteiger partial charge in [-0.15, -0.1) is 11.3 Å². The van der Waals surface area contributed by atoms with Crippen LogP contribution in [0.15, 0.2) is 182 Å². The smallest absolute Gasteiger partial charge is 0.347 e. The predicted octanol–water partition coefficient (Wildman–Crippen LogP) is 13.6. The molecule has 14 nitrogen and oxygen atoms in total. The minimum Gasteiger partial charge on any atom is -0.497 e. The van der Waals surface area contributed by atoms with E-state index in [-0.39, 0.29) is 43.8 Å². The fourth-order valence-electron chi connectivity index (χ4n) is 9.88. The number of nitrogens with zero attached hydrogens (tertiary/aromatic N) is 4. The van der Waals surface area contributed by atoms with E-state index in [1.54, 1.807) is 83.0 Å². The van der Waals surface area contributed by atoms with Crippen molar-refractivity contribution in [3.05, 3.63) is 221 Å². The van der Waals surface area contributed by atoms with Crippen LogP contribution in [0.5, 0.6) is 40.4 Å². The van der Waals surface area contributed by atoms with Crippen LogP contribution in [0.2, 0.25) is 5.02 Å². The summed E-state index contributed by atoms with van der Waals surface area (Å²) in [6.07, 6.45) is 0.867. The molecule has 17 heteroatoms. The van der Waals surface area contributed by atoms with E-state index in [1.165, 1.54) is 29.8 Å². The summed E-state index contributed by atoms with van der Waals surface area (Å²) in [4.78, 5) is 34.3. The molecule has 10 aromatic rings. The molecule has 0 aliphatic carbocycles. The second kappa shape index (κ2) is 24.7. The number of methoxy groups -OCH3 is 3. The minimum atomic E-state index is -1.28. The third-order valence-electron chi connectivity index (χ3n) is 13.8. The Kier molecular flexibility index (Phi) is 16.5. The molecule has 4 bridgehead atoms. The van der Waals surface area contributed by atoms with Crippen LogP contribution in [0, 0.1) is 5.82 Å². The number of ether oxygens (including phenoxy) is 9. The normalized spacial score (nSPS) is 14.2. The van der Waals surface area contributed by atoms with Gasteiger partial charge in [0.2, 0.25) is 12.0 Å². The summed E-state index contributed by atoms with van der Waals surface area (Å²) in [5.74, 6) is 2.67. The van der Waals surface area contributed by atoms with Crippen LogP contribution in [0.25, 0.3) is 43.2 Å². The molecule has 0 spiro atoms. The largest absolute Gasteiger partial charge is 0.497 e. The molecular formula is C65H54ClFN4O10S. The van der Waals surface area contributed by atoms with Crippen molar-refractivity contribution < 1.29 is 51.8 Å². The van der Waals surface area contributed by atoms with E-state index in [1.807, 2.05) is 109 Å². The lowest BCUT2D eigenvalue weighted by atomic mass is 9.80. The topological polar surface area (TPSA) is 152 Å². The van der Waals surface area contributed by atoms with Gasteiger partial charge < -0.3 is 42.6 Å². The number of carbonyl (C=O) groups is 1. The number of esters is 1. The number of halogens is 2. The molecule has 0 fully saturated rings. The van der Waals surface area contributed by atoms with E-state index in [2.05, 4.69) is 15.0 Å². The van der Waals surface area contributed by atoms with Gasteiger partial charge in [0.05, 0.1) is 56.2 Å². The number of carbonyl (C=O) groups excluding carboxylic acids is 1. The number of hydrogen-bond donors (Lipinski definition) is 0. The quantitative estimate of drug-likeness (QED) is 0.0666. The number of thiophene rings is 1. The van der Waals surface area contributed by atoms with Crippen molar-refractivity contribution in [3.63, 3.8) is 0 Å². The highest BCUT2D eigenvalue weighted by Gasteiger charge is 2.39. The Morgan fingerprint density at radius 3 is 2.15 bits per heavy atom. The van der Waals surface area contributed by atoms with E-state index in [0.717, 1.165) is 27.1 Å². The van der Waals surface area contributed by atoms with Crippen LogP contribution < -0.4 is 33.2 Å². The highest BCUT2D eigenvalue weighted by Crippen LogP contribution is 2.49. The molecule has 2 aliphatic heterocycles. The third-order valence-corrected chi connectivity index (χ3v) is 15.3. The lowest BCUT2D eigenvalue weighted by molar-refractivity contribution is -0.151. The molecule has 414 valence electrons. The van der Waals surface area contributed by atoms with Crippen LogP contribution >= 0.6 is 22.9 Å². The summed E-state index contributed by atoms with van der Waals surface area (Å²) >= 11 is 8.70. The predicted molar refractivity (Wildman–Crippen MR) is 311 cm³/mol. The molecule has 2 atom stereocenters. The molecule has 0 N–H and O–H groups in total. The zero-order valence-electron chi connectivity index (χ0n) is 45.0. The number of benzene rings is 7. The first-order chi connectivity index (χ1) is 40.1. The van der Waals surface area contributed by atoms with Gasteiger partial charge in [0.15, 0.2) is 11.9 Å². The van der Waals surface area contributed by atoms with Gasteiger partial charge in [-0.2, -0.15) is 0 Å². The maximum Gasteiger partial charge on any atom is 0.347 e. The zero-order valence-corrected chi connectivity index (χ0v) is 46.6. The fourth-order valence-corrected chi connectivity index (χ4v) is 11.3. The van der Waals surface area contributed by atoms with Crippen molar-refractivity contribution in [2.45, 2.75) is 37.8 Å². The summed E-state index contributed by atoms with van der Waals surface area (Å²) in [5, 5.41) is 0.765. The fraction of sp³-hybridized carbons (Fsp3) is 0.185. The van der Waals surface area contributed by atoms with Crippen LogP contribution in [-0.4, -0.2) is 79.3 Å². The summed E-state index contributed by atoms with van der Waals surface area (Å²) in [6, 6.07) is 51.7. The molecule has 3 aromatic heterocycles. The molecule has 0 amide bonds. The van der Waals surface area contributed by atoms with Crippen molar-refractivity contribution in [3.8, 4) is 73.3 Å². The lowest BCUT2D eigenvalue weighted by Crippen LogP contribution is -2.39. The van der Waals surface area contributed by atoms with Crippen LogP contribution in [0.3, 0.4) is 0 Å². The lowest BCUT2D eigenvalue weighted by Gasteiger charge is -2.37. The molecule has 2 aliphatic rings. The molecule has 7 aromatic carbocycles. The molecule has 0 saturated carbocycles. The van der Waals surface area contributed by atoms with Crippen LogP contribution in [0.1, 0.15) is 34.9 Å². The molecule has 5 heterocycles. The molecule has 12 rings (SSSR count). The van der Waals surface area contributed by atoms with Crippen molar-refractivity contribution in [2.75, 3.05) is 41.2 Å².